The van der Waals surface area contributed by atoms with E-state index in [0.717, 1.165) is 10.0 Å². The fourth-order valence-corrected chi connectivity index (χ4v) is 1.06. The van der Waals surface area contributed by atoms with Crippen LogP contribution in [0.3, 0.4) is 0 Å². The number of rotatable bonds is 0. The molecule has 0 aliphatic rings. The summed E-state index contributed by atoms with van der Waals surface area (Å²) < 4.78 is 0.888. The molecule has 58 valence electrons. The van der Waals surface area contributed by atoms with Gasteiger partial charge in [0, 0.05) is 10.0 Å². The first kappa shape index (κ1) is 8.73. The first-order valence-electron chi connectivity index (χ1n) is 3.17. The zero-order valence-corrected chi connectivity index (χ0v) is 7.63. The highest BCUT2D eigenvalue weighted by Crippen LogP contribution is 2.13. The molecule has 0 aliphatic carbocycles. The Balaban J connectivity index is 2.99. The predicted octanol–water partition coefficient (Wildman–Crippen LogP) is 2.09. The van der Waals surface area contributed by atoms with E-state index in [9.17, 15) is 4.79 Å². The van der Waals surface area contributed by atoms with Gasteiger partial charge in [0.05, 0.1) is 6.04 Å². The molecule has 1 aromatic rings. The molecule has 0 spiro atoms. The minimum Gasteiger partial charge on any atom is -0.210 e. The molecule has 0 saturated heterocycles. The first-order chi connectivity index (χ1) is 5.84. The van der Waals surface area contributed by atoms with E-state index >= 15 is 0 Å². The Morgan fingerprint density at radius 1 is 1.33 bits per heavy atom. The van der Waals surface area contributed by atoms with Gasteiger partial charge in [-0.3, -0.25) is 0 Å². The van der Waals surface area contributed by atoms with Crippen LogP contribution in [-0.2, 0) is 4.79 Å². The Hall–Kier alpha value is -1.36. The third-order valence-corrected chi connectivity index (χ3v) is 1.86. The Kier molecular flexibility index (Phi) is 3.28. The number of hydrogen-bond acceptors (Lipinski definition) is 2. The number of halogens is 1. The summed E-state index contributed by atoms with van der Waals surface area (Å²) in [5.41, 5.74) is 0.802. The van der Waals surface area contributed by atoms with Crippen molar-refractivity contribution in [2.24, 2.45) is 4.99 Å². The molecular formula is C9H4BrNO. The van der Waals surface area contributed by atoms with Gasteiger partial charge < -0.3 is 0 Å². The summed E-state index contributed by atoms with van der Waals surface area (Å²) in [6.45, 7) is 0. The average molecular weight is 222 g/mol. The van der Waals surface area contributed by atoms with Gasteiger partial charge in [0.2, 0.25) is 6.08 Å². The molecule has 1 rings (SSSR count). The van der Waals surface area contributed by atoms with Crippen LogP contribution in [-0.4, -0.2) is 6.08 Å². The molecule has 0 atom stereocenters. The summed E-state index contributed by atoms with van der Waals surface area (Å²) in [5, 5.41) is 0. The number of carbonyl (C=O) groups excluding carboxylic acids is 1. The predicted molar refractivity (Wildman–Crippen MR) is 49.1 cm³/mol. The molecule has 0 N–H and O–H groups in total. The maximum Gasteiger partial charge on any atom is 0.249 e. The molecule has 0 heterocycles. The van der Waals surface area contributed by atoms with Crippen molar-refractivity contribution >= 4 is 22.0 Å². The zero-order valence-electron chi connectivity index (χ0n) is 6.04. The summed E-state index contributed by atoms with van der Waals surface area (Å²) in [7, 11) is 0. The number of isocyanates is 1. The van der Waals surface area contributed by atoms with Gasteiger partial charge in [-0.15, -0.1) is 4.99 Å². The third-order valence-electron chi connectivity index (χ3n) is 1.17. The van der Waals surface area contributed by atoms with Crippen molar-refractivity contribution in [3.8, 4) is 12.0 Å². The van der Waals surface area contributed by atoms with E-state index in [1.165, 1.54) is 6.08 Å². The number of benzene rings is 1. The molecule has 2 nitrogen and oxygen atoms in total. The van der Waals surface area contributed by atoms with E-state index in [0.29, 0.717) is 0 Å². The summed E-state index contributed by atoms with van der Waals surface area (Å²) in [5.74, 6) is 2.69. The van der Waals surface area contributed by atoms with E-state index in [4.69, 9.17) is 0 Å². The van der Waals surface area contributed by atoms with Crippen molar-refractivity contribution < 1.29 is 4.79 Å². The van der Waals surface area contributed by atoms with Crippen LogP contribution in [0.2, 0.25) is 0 Å². The van der Waals surface area contributed by atoms with Crippen molar-refractivity contribution in [2.45, 2.75) is 0 Å². The van der Waals surface area contributed by atoms with Gasteiger partial charge in [0.15, 0.2) is 0 Å². The minimum atomic E-state index is 0.802. The van der Waals surface area contributed by atoms with Gasteiger partial charge in [-0.2, -0.15) is 0 Å². The average Bonchev–Trinajstić information content (AvgIpc) is 2.09. The van der Waals surface area contributed by atoms with E-state index in [2.05, 4.69) is 32.9 Å². The lowest BCUT2D eigenvalue weighted by atomic mass is 10.2. The SMILES string of the molecule is O=C=NC#Cc1ccccc1Br. The number of nitrogens with zero attached hydrogens (tertiary/aromatic N) is 1. The maximum absolute atomic E-state index is 9.67. The van der Waals surface area contributed by atoms with Gasteiger partial charge in [-0.25, -0.2) is 4.79 Å². The van der Waals surface area contributed by atoms with E-state index in [-0.39, 0.29) is 0 Å². The Labute approximate surface area is 78.4 Å². The highest BCUT2D eigenvalue weighted by molar-refractivity contribution is 9.10. The molecular weight excluding hydrogens is 218 g/mol. The van der Waals surface area contributed by atoms with Crippen molar-refractivity contribution in [2.75, 3.05) is 0 Å². The standard InChI is InChI=1S/C9H4BrNO/c10-9-4-2-1-3-8(9)5-6-11-7-12/h1-4H. The Bertz CT molecular complexity index is 383. The smallest absolute Gasteiger partial charge is 0.210 e. The van der Waals surface area contributed by atoms with Crippen LogP contribution in [0.25, 0.3) is 0 Å². The lowest BCUT2D eigenvalue weighted by Gasteiger charge is -1.91. The summed E-state index contributed by atoms with van der Waals surface area (Å²) in [6, 6.07) is 9.76. The van der Waals surface area contributed by atoms with E-state index in [1.54, 1.807) is 0 Å². The highest BCUT2D eigenvalue weighted by atomic mass is 79.9. The van der Waals surface area contributed by atoms with Crippen LogP contribution in [0, 0.1) is 12.0 Å². The molecule has 0 amide bonds. The molecule has 12 heavy (non-hydrogen) atoms. The van der Waals surface area contributed by atoms with E-state index in [1.807, 2.05) is 24.3 Å². The van der Waals surface area contributed by atoms with Crippen molar-refractivity contribution in [3.63, 3.8) is 0 Å². The zero-order chi connectivity index (χ0) is 8.81. The molecule has 0 aliphatic heterocycles. The van der Waals surface area contributed by atoms with Gasteiger partial charge in [0.1, 0.15) is 0 Å². The van der Waals surface area contributed by atoms with Gasteiger partial charge in [-0.05, 0) is 34.0 Å². The second-order valence-corrected chi connectivity index (χ2v) is 2.77. The maximum atomic E-state index is 9.67. The quantitative estimate of drug-likeness (QED) is 0.375. The Morgan fingerprint density at radius 2 is 2.08 bits per heavy atom. The van der Waals surface area contributed by atoms with Crippen molar-refractivity contribution in [3.05, 3.63) is 34.3 Å². The van der Waals surface area contributed by atoms with Crippen molar-refractivity contribution in [1.29, 1.82) is 0 Å². The molecule has 0 bridgehead atoms. The minimum absolute atomic E-state index is 0.802. The summed E-state index contributed by atoms with van der Waals surface area (Å²) in [6.07, 6.45) is 1.34. The molecule has 0 saturated carbocycles. The topological polar surface area (TPSA) is 29.4 Å². The Morgan fingerprint density at radius 3 is 2.75 bits per heavy atom. The second-order valence-electron chi connectivity index (χ2n) is 1.92. The van der Waals surface area contributed by atoms with E-state index < -0.39 is 0 Å². The monoisotopic (exact) mass is 221 g/mol. The van der Waals surface area contributed by atoms with Crippen LogP contribution in [0.4, 0.5) is 0 Å². The summed E-state index contributed by atoms with van der Waals surface area (Å²) >= 11 is 3.31. The second kappa shape index (κ2) is 4.50. The molecule has 0 radical (unpaired) electrons. The van der Waals surface area contributed by atoms with Crippen LogP contribution in [0.1, 0.15) is 5.56 Å². The van der Waals surface area contributed by atoms with Crippen LogP contribution in [0.5, 0.6) is 0 Å². The lowest BCUT2D eigenvalue weighted by Crippen LogP contribution is -1.74. The van der Waals surface area contributed by atoms with Crippen LogP contribution in [0.15, 0.2) is 33.7 Å². The van der Waals surface area contributed by atoms with Gasteiger partial charge >= 0.3 is 0 Å². The highest BCUT2D eigenvalue weighted by Gasteiger charge is 1.90. The third kappa shape index (κ3) is 2.35. The summed E-state index contributed by atoms with van der Waals surface area (Å²) in [4.78, 5) is 12.8. The fourth-order valence-electron chi connectivity index (χ4n) is 0.674. The first-order valence-corrected chi connectivity index (χ1v) is 3.96. The molecule has 3 heteroatoms. The fraction of sp³-hybridized carbons (Fsp3) is 0. The molecule has 0 unspecified atom stereocenters. The van der Waals surface area contributed by atoms with Crippen molar-refractivity contribution in [1.82, 2.24) is 0 Å². The van der Waals surface area contributed by atoms with Gasteiger partial charge in [0.25, 0.3) is 0 Å². The number of aliphatic imine (C=N–C) groups is 1. The van der Waals surface area contributed by atoms with Crippen LogP contribution >= 0.6 is 15.9 Å². The lowest BCUT2D eigenvalue weighted by molar-refractivity contribution is 0.565. The molecule has 0 aromatic heterocycles. The number of hydrogen-bond donors (Lipinski definition) is 0. The van der Waals surface area contributed by atoms with Crippen LogP contribution < -0.4 is 0 Å². The molecule has 1 aromatic carbocycles. The normalized spacial score (nSPS) is 7.75. The molecule has 0 fully saturated rings. The van der Waals surface area contributed by atoms with Gasteiger partial charge in [-0.1, -0.05) is 12.1 Å². The largest absolute Gasteiger partial charge is 0.249 e.